The maximum Gasteiger partial charge on any atom is 0.234 e. The highest BCUT2D eigenvalue weighted by molar-refractivity contribution is 6.28. The zero-order valence-electron chi connectivity index (χ0n) is 8.33. The maximum absolute atomic E-state index is 11.3. The third-order valence-electron chi connectivity index (χ3n) is 2.35. The smallest absolute Gasteiger partial charge is 0.234 e. The average molecular weight is 229 g/mol. The van der Waals surface area contributed by atoms with Crippen LogP contribution < -0.4 is 5.32 Å². The van der Waals surface area contributed by atoms with E-state index in [0.717, 1.165) is 25.3 Å². The zero-order chi connectivity index (χ0) is 10.7. The van der Waals surface area contributed by atoms with E-state index in [2.05, 4.69) is 10.2 Å². The first-order valence-electron chi connectivity index (χ1n) is 4.97. The Morgan fingerprint density at radius 2 is 2.40 bits per heavy atom. The van der Waals surface area contributed by atoms with Crippen molar-refractivity contribution in [3.8, 4) is 0 Å². The van der Waals surface area contributed by atoms with Crippen molar-refractivity contribution < 1.29 is 9.21 Å². The average Bonchev–Trinajstić information content (AvgIpc) is 2.46. The fourth-order valence-corrected chi connectivity index (χ4v) is 1.82. The minimum Gasteiger partial charge on any atom is -0.448 e. The van der Waals surface area contributed by atoms with E-state index in [-0.39, 0.29) is 5.91 Å². The van der Waals surface area contributed by atoms with Crippen LogP contribution in [-0.2, 0) is 11.3 Å². The third-order valence-corrected chi connectivity index (χ3v) is 2.55. The zero-order valence-corrected chi connectivity index (χ0v) is 9.09. The number of carbonyl (C=O) groups excluding carboxylic acids is 1. The van der Waals surface area contributed by atoms with Crippen LogP contribution in [0.3, 0.4) is 0 Å². The van der Waals surface area contributed by atoms with Crippen LogP contribution in [0.5, 0.6) is 0 Å². The normalized spacial score (nSPS) is 18.6. The number of amides is 1. The molecule has 82 valence electrons. The lowest BCUT2D eigenvalue weighted by Gasteiger charge is -2.16. The number of nitrogens with zero attached hydrogens (tertiary/aromatic N) is 1. The highest BCUT2D eigenvalue weighted by Crippen LogP contribution is 2.15. The van der Waals surface area contributed by atoms with Crippen molar-refractivity contribution in [2.75, 3.05) is 19.6 Å². The summed E-state index contributed by atoms with van der Waals surface area (Å²) in [6, 6.07) is 3.56. The van der Waals surface area contributed by atoms with Gasteiger partial charge in [-0.3, -0.25) is 9.69 Å². The molecule has 0 spiro atoms. The van der Waals surface area contributed by atoms with Crippen LogP contribution in [0.4, 0.5) is 0 Å². The van der Waals surface area contributed by atoms with Crippen molar-refractivity contribution in [3.05, 3.63) is 23.1 Å². The first-order valence-corrected chi connectivity index (χ1v) is 5.35. The number of halogens is 1. The number of rotatable bonds is 2. The first kappa shape index (κ1) is 10.5. The molecule has 0 unspecified atom stereocenters. The molecule has 1 fully saturated rings. The van der Waals surface area contributed by atoms with Gasteiger partial charge in [0.25, 0.3) is 0 Å². The van der Waals surface area contributed by atoms with Gasteiger partial charge in [-0.05, 0) is 30.2 Å². The standard InChI is InChI=1S/C10H13ClN2O2/c11-9-3-2-8(15-9)6-13-5-1-4-12-10(14)7-13/h2-3H,1,4-7H2,(H,12,14). The van der Waals surface area contributed by atoms with Crippen LogP contribution in [0.1, 0.15) is 12.2 Å². The number of hydrogen-bond donors (Lipinski definition) is 1. The van der Waals surface area contributed by atoms with Gasteiger partial charge in [0.2, 0.25) is 5.91 Å². The summed E-state index contributed by atoms with van der Waals surface area (Å²) in [6.07, 6.45) is 0.972. The van der Waals surface area contributed by atoms with Gasteiger partial charge in [0.15, 0.2) is 5.22 Å². The number of hydrogen-bond acceptors (Lipinski definition) is 3. The molecule has 0 radical (unpaired) electrons. The van der Waals surface area contributed by atoms with E-state index in [4.69, 9.17) is 16.0 Å². The van der Waals surface area contributed by atoms with Gasteiger partial charge in [0.05, 0.1) is 13.1 Å². The molecule has 1 saturated heterocycles. The monoisotopic (exact) mass is 228 g/mol. The third kappa shape index (κ3) is 2.97. The molecule has 0 atom stereocenters. The van der Waals surface area contributed by atoms with Crippen LogP contribution >= 0.6 is 11.6 Å². The topological polar surface area (TPSA) is 45.5 Å². The minimum absolute atomic E-state index is 0.0742. The second-order valence-electron chi connectivity index (χ2n) is 3.62. The highest BCUT2D eigenvalue weighted by Gasteiger charge is 2.15. The van der Waals surface area contributed by atoms with Crippen LogP contribution in [0, 0.1) is 0 Å². The highest BCUT2D eigenvalue weighted by atomic mass is 35.5. The maximum atomic E-state index is 11.3. The van der Waals surface area contributed by atoms with E-state index in [1.54, 1.807) is 6.07 Å². The Morgan fingerprint density at radius 3 is 3.13 bits per heavy atom. The Balaban J connectivity index is 1.95. The largest absolute Gasteiger partial charge is 0.448 e. The van der Waals surface area contributed by atoms with Crippen molar-refractivity contribution in [2.24, 2.45) is 0 Å². The molecule has 4 nitrogen and oxygen atoms in total. The predicted molar refractivity (Wildman–Crippen MR) is 56.6 cm³/mol. The number of furan rings is 1. The van der Waals surface area contributed by atoms with Gasteiger partial charge in [0.1, 0.15) is 5.76 Å². The van der Waals surface area contributed by atoms with Gasteiger partial charge in [-0.15, -0.1) is 0 Å². The molecule has 0 aromatic carbocycles. The molecule has 15 heavy (non-hydrogen) atoms. The molecule has 2 rings (SSSR count). The van der Waals surface area contributed by atoms with Crippen LogP contribution in [0.2, 0.25) is 5.22 Å². The first-order chi connectivity index (χ1) is 7.24. The molecule has 5 heteroatoms. The summed E-state index contributed by atoms with van der Waals surface area (Å²) in [5.41, 5.74) is 0. The van der Waals surface area contributed by atoms with Crippen molar-refractivity contribution in [2.45, 2.75) is 13.0 Å². The number of carbonyl (C=O) groups is 1. The predicted octanol–water partition coefficient (Wildman–Crippen LogP) is 1.25. The van der Waals surface area contributed by atoms with E-state index >= 15 is 0 Å². The SMILES string of the molecule is O=C1CN(Cc2ccc(Cl)o2)CCCN1. The molecule has 0 saturated carbocycles. The molecule has 1 amide bonds. The minimum atomic E-state index is 0.0742. The Labute approximate surface area is 93.2 Å². The van der Waals surface area contributed by atoms with Gasteiger partial charge < -0.3 is 9.73 Å². The molecule has 1 aliphatic rings. The fraction of sp³-hybridized carbons (Fsp3) is 0.500. The van der Waals surface area contributed by atoms with Gasteiger partial charge >= 0.3 is 0 Å². The second-order valence-corrected chi connectivity index (χ2v) is 3.99. The van der Waals surface area contributed by atoms with Crippen molar-refractivity contribution in [1.29, 1.82) is 0 Å². The summed E-state index contributed by atoms with van der Waals surface area (Å²) in [6.45, 7) is 2.73. The van der Waals surface area contributed by atoms with E-state index in [9.17, 15) is 4.79 Å². The van der Waals surface area contributed by atoms with Gasteiger partial charge in [-0.1, -0.05) is 0 Å². The van der Waals surface area contributed by atoms with E-state index in [1.165, 1.54) is 0 Å². The summed E-state index contributed by atoms with van der Waals surface area (Å²) in [4.78, 5) is 13.3. The Bertz CT molecular complexity index is 351. The molecule has 1 aromatic rings. The Morgan fingerprint density at radius 1 is 1.53 bits per heavy atom. The van der Waals surface area contributed by atoms with E-state index < -0.39 is 0 Å². The Hall–Kier alpha value is -1.00. The molecule has 1 aliphatic heterocycles. The second kappa shape index (κ2) is 4.68. The van der Waals surface area contributed by atoms with Crippen LogP contribution in [0.15, 0.2) is 16.5 Å². The lowest BCUT2D eigenvalue weighted by molar-refractivity contribution is -0.121. The molecular formula is C10H13ClN2O2. The van der Waals surface area contributed by atoms with Crippen LogP contribution in [-0.4, -0.2) is 30.4 Å². The molecule has 1 N–H and O–H groups in total. The molecular weight excluding hydrogens is 216 g/mol. The molecule has 0 aliphatic carbocycles. The summed E-state index contributed by atoms with van der Waals surface area (Å²) in [5, 5.41) is 3.22. The fourth-order valence-electron chi connectivity index (χ4n) is 1.66. The lowest BCUT2D eigenvalue weighted by Crippen LogP contribution is -2.32. The van der Waals surface area contributed by atoms with E-state index in [1.807, 2.05) is 6.07 Å². The van der Waals surface area contributed by atoms with Crippen molar-refractivity contribution >= 4 is 17.5 Å². The van der Waals surface area contributed by atoms with Gasteiger partial charge in [-0.2, -0.15) is 0 Å². The molecule has 0 bridgehead atoms. The molecule has 1 aromatic heterocycles. The van der Waals surface area contributed by atoms with Crippen molar-refractivity contribution in [1.82, 2.24) is 10.2 Å². The van der Waals surface area contributed by atoms with Crippen LogP contribution in [0.25, 0.3) is 0 Å². The summed E-state index contributed by atoms with van der Waals surface area (Å²) >= 11 is 5.67. The Kier molecular flexibility index (Phi) is 3.28. The van der Waals surface area contributed by atoms with Gasteiger partial charge in [-0.25, -0.2) is 0 Å². The summed E-state index contributed by atoms with van der Waals surface area (Å²) in [7, 11) is 0. The summed E-state index contributed by atoms with van der Waals surface area (Å²) < 4.78 is 5.25. The van der Waals surface area contributed by atoms with E-state index in [0.29, 0.717) is 18.3 Å². The lowest BCUT2D eigenvalue weighted by atomic mass is 10.3. The van der Waals surface area contributed by atoms with Crippen molar-refractivity contribution in [3.63, 3.8) is 0 Å². The molecule has 2 heterocycles. The number of nitrogens with one attached hydrogen (secondary N) is 1. The quantitative estimate of drug-likeness (QED) is 0.829. The van der Waals surface area contributed by atoms with Gasteiger partial charge in [0, 0.05) is 13.1 Å². The summed E-state index contributed by atoms with van der Waals surface area (Å²) in [5.74, 6) is 0.875.